The van der Waals surface area contributed by atoms with E-state index in [1.807, 2.05) is 58.0 Å². The topological polar surface area (TPSA) is 328 Å². The van der Waals surface area contributed by atoms with Gasteiger partial charge in [-0.15, -0.1) is 0 Å². The number of hydrogen-bond acceptors (Lipinski definition) is 16. The van der Waals surface area contributed by atoms with Crippen molar-refractivity contribution in [3.63, 3.8) is 0 Å². The number of aliphatic carboxylic acids is 1. The zero-order chi connectivity index (χ0) is 72.4. The first kappa shape index (κ1) is 82.2. The molecule has 4 rings (SSSR count). The highest BCUT2D eigenvalue weighted by Gasteiger charge is 2.45. The predicted molar refractivity (Wildman–Crippen MR) is 370 cm³/mol. The second kappa shape index (κ2) is 40.6. The lowest BCUT2D eigenvalue weighted by Gasteiger charge is -2.41. The Hall–Kier alpha value is -7.25. The number of thioether (sulfide) groups is 1. The summed E-state index contributed by atoms with van der Waals surface area (Å²) in [6, 6.07) is 12.0. The third kappa shape index (κ3) is 24.6. The Morgan fingerprint density at radius 2 is 1.41 bits per heavy atom. The van der Waals surface area contributed by atoms with Crippen molar-refractivity contribution in [3.05, 3.63) is 65.7 Å². The maximum absolute atomic E-state index is 14.9. The number of likely N-dealkylation sites (tertiary alicyclic amines) is 2. The number of carboxylic acids is 1. The molecular weight excluding hydrogens is 1260 g/mol. The lowest BCUT2D eigenvalue weighted by molar-refractivity contribution is -0.149. The summed E-state index contributed by atoms with van der Waals surface area (Å²) in [4.78, 5) is 167. The molecule has 25 heteroatoms. The summed E-state index contributed by atoms with van der Waals surface area (Å²) in [6.45, 7) is 17.2. The van der Waals surface area contributed by atoms with Gasteiger partial charge in [0.1, 0.15) is 12.4 Å². The van der Waals surface area contributed by atoms with E-state index in [9.17, 15) is 62.6 Å². The molecule has 0 radical (unpaired) electrons. The van der Waals surface area contributed by atoms with E-state index >= 15 is 0 Å². The van der Waals surface area contributed by atoms with Gasteiger partial charge in [-0.2, -0.15) is 11.8 Å². The number of methoxy groups -OCH3 is 2. The Kier molecular flexibility index (Phi) is 34.4. The van der Waals surface area contributed by atoms with Crippen molar-refractivity contribution < 1.29 is 76.9 Å². The number of anilines is 1. The summed E-state index contributed by atoms with van der Waals surface area (Å²) < 4.78 is 17.8. The van der Waals surface area contributed by atoms with Crippen LogP contribution in [0.2, 0.25) is 0 Å². The van der Waals surface area contributed by atoms with E-state index in [4.69, 9.17) is 19.9 Å². The zero-order valence-electron chi connectivity index (χ0n) is 59.6. The Balaban J connectivity index is 1.37. The Labute approximate surface area is 578 Å². The van der Waals surface area contributed by atoms with E-state index in [-0.39, 0.29) is 141 Å². The van der Waals surface area contributed by atoms with Crippen molar-refractivity contribution in [2.45, 2.75) is 207 Å². The third-order valence-electron chi connectivity index (χ3n) is 19.2. The van der Waals surface area contributed by atoms with Gasteiger partial charge in [0, 0.05) is 103 Å². The van der Waals surface area contributed by atoms with Gasteiger partial charge in [0.2, 0.25) is 35.4 Å². The fraction of sp³-hybridized carbons (Fsp3) is 0.667. The highest BCUT2D eigenvalue weighted by atomic mass is 32.2. The van der Waals surface area contributed by atoms with E-state index < -0.39 is 90.0 Å². The largest absolute Gasteiger partial charge is 0.481 e. The van der Waals surface area contributed by atoms with Crippen LogP contribution >= 0.6 is 11.8 Å². The minimum atomic E-state index is -1.07. The minimum Gasteiger partial charge on any atom is -0.481 e. The summed E-state index contributed by atoms with van der Waals surface area (Å²) in [7, 11) is 6.13. The highest BCUT2D eigenvalue weighted by Crippen LogP contribution is 2.33. The second-order valence-corrected chi connectivity index (χ2v) is 28.3. The SMILES string of the molecule is CC[C@H](C)C([C@@H](CC(=O)N1CCC[C@H]1[C@H](OC)[C@@H](C)C(=O)C[C@@H](Cc1ccccc1)C(=O)O)OC)N(C)C(=O)[C@@H](CC(=O)[C@H](C(C)C)N(C)C(=O)OCc1ccc(NC(=O)[C@H](CCCNC(N)=O)CC(=O)C(NC(=O)CCCCCN2C(=O)CC(SC)C2=O)C(C)C)cc1)C(C)C. The Morgan fingerprint density at radius 3 is 1.98 bits per heavy atom. The number of primary amides is 1. The molecule has 9 amide bonds. The number of unbranched alkanes of at least 4 members (excludes halogenated alkanes) is 2. The summed E-state index contributed by atoms with van der Waals surface area (Å²) in [5.41, 5.74) is 7.01. The fourth-order valence-corrected chi connectivity index (χ4v) is 14.0. The molecule has 0 bridgehead atoms. The first-order chi connectivity index (χ1) is 45.9. The van der Waals surface area contributed by atoms with Gasteiger partial charge in [-0.25, -0.2) is 9.59 Å². The van der Waals surface area contributed by atoms with E-state index in [1.54, 1.807) is 82.0 Å². The molecular formula is C72H110N8O16S. The van der Waals surface area contributed by atoms with Crippen LogP contribution in [0.3, 0.4) is 0 Å². The molecule has 2 aromatic rings. The number of carboxylic acid groups (broad SMARTS) is 1. The molecule has 2 saturated heterocycles. The van der Waals surface area contributed by atoms with Crippen LogP contribution in [0.5, 0.6) is 0 Å². The monoisotopic (exact) mass is 1370 g/mol. The first-order valence-electron chi connectivity index (χ1n) is 34.4. The number of amides is 9. The van der Waals surface area contributed by atoms with Gasteiger partial charge in [0.05, 0.1) is 54.0 Å². The summed E-state index contributed by atoms with van der Waals surface area (Å²) in [5, 5.41) is 17.9. The van der Waals surface area contributed by atoms with E-state index in [0.29, 0.717) is 62.7 Å². The highest BCUT2D eigenvalue weighted by molar-refractivity contribution is 8.00. The van der Waals surface area contributed by atoms with Gasteiger partial charge < -0.3 is 55.7 Å². The molecule has 2 aliphatic heterocycles. The number of ketones is 3. The van der Waals surface area contributed by atoms with Gasteiger partial charge in [-0.1, -0.05) is 118 Å². The normalized spacial score (nSPS) is 17.9. The van der Waals surface area contributed by atoms with Gasteiger partial charge >= 0.3 is 18.1 Å². The second-order valence-electron chi connectivity index (χ2n) is 27.3. The average molecular weight is 1380 g/mol. The zero-order valence-corrected chi connectivity index (χ0v) is 60.5. The Bertz CT molecular complexity index is 2970. The fourth-order valence-electron chi connectivity index (χ4n) is 13.4. The first-order valence-corrected chi connectivity index (χ1v) is 35.7. The molecule has 97 heavy (non-hydrogen) atoms. The van der Waals surface area contributed by atoms with E-state index in [0.717, 1.165) is 5.56 Å². The number of imide groups is 1. The van der Waals surface area contributed by atoms with Crippen LogP contribution in [-0.2, 0) is 75.2 Å². The molecule has 2 aliphatic rings. The predicted octanol–water partition coefficient (Wildman–Crippen LogP) is 8.49. The Morgan fingerprint density at radius 1 is 0.753 bits per heavy atom. The van der Waals surface area contributed by atoms with Crippen LogP contribution in [-0.4, -0.2) is 191 Å². The summed E-state index contributed by atoms with van der Waals surface area (Å²) >= 11 is 1.35. The number of benzene rings is 2. The maximum atomic E-state index is 14.9. The standard InChI is InChI=1S/C72H110N8O16S/c1-15-46(8)65(58(94-12)40-61(85)79-35-23-27-54(79)66(95-13)47(9)55(81)38-51(70(90)91)36-48-24-18-16-19-25-48)77(10)68(88)53(43(2)3)39-57(83)64(45(6)7)78(11)72(93)96-42-49-29-31-52(32-30-49)75-67(87)50(26-22-33-74-71(73)92)37-56(82)63(44(4)5)76-60(84)28-20-17-21-34-80-62(86)41-59(97-14)69(80)89/h16,18-19,24-25,29-32,43-47,50-51,53-54,58-59,63-66H,15,17,20-23,26-28,33-42H2,1-14H3,(H,75,87)(H,76,84)(H,90,91)(H3,73,74,92)/t46-,47-,50+,51+,53-,54-,58+,59?,63?,64-,65?,66+/m0/s1. The third-order valence-corrected chi connectivity index (χ3v) is 20.2. The number of carbonyl (C=O) groups excluding carboxylic acids is 11. The van der Waals surface area contributed by atoms with E-state index in [1.165, 1.54) is 42.8 Å². The number of nitrogens with one attached hydrogen (secondary N) is 3. The van der Waals surface area contributed by atoms with Crippen LogP contribution in [0, 0.1) is 47.3 Å². The van der Waals surface area contributed by atoms with Crippen molar-refractivity contribution in [2.75, 3.05) is 59.5 Å². The van der Waals surface area contributed by atoms with Crippen molar-refractivity contribution in [3.8, 4) is 0 Å². The summed E-state index contributed by atoms with van der Waals surface area (Å²) in [5.74, 6) is -8.33. The number of hydrogen-bond donors (Lipinski definition) is 5. The molecule has 0 aromatic heterocycles. The van der Waals surface area contributed by atoms with Gasteiger partial charge in [-0.05, 0) is 98.1 Å². The van der Waals surface area contributed by atoms with Crippen LogP contribution in [0.4, 0.5) is 15.3 Å². The average Bonchev–Trinajstić information content (AvgIpc) is 1.63. The molecule has 3 unspecified atom stereocenters. The number of rotatable bonds is 43. The molecule has 2 fully saturated rings. The number of Topliss-reactive ketones (excluding diaryl/α,β-unsaturated/α-hetero) is 3. The molecule has 0 saturated carbocycles. The van der Waals surface area contributed by atoms with Crippen molar-refractivity contribution in [1.29, 1.82) is 0 Å². The number of nitrogens with zero attached hydrogens (tertiary/aromatic N) is 4. The van der Waals surface area contributed by atoms with Crippen molar-refractivity contribution in [2.24, 2.45) is 53.1 Å². The molecule has 540 valence electrons. The van der Waals surface area contributed by atoms with Gasteiger partial charge in [-0.3, -0.25) is 52.8 Å². The molecule has 24 nitrogen and oxygen atoms in total. The van der Waals surface area contributed by atoms with Crippen LogP contribution in [0.15, 0.2) is 54.6 Å². The molecule has 6 N–H and O–H groups in total. The lowest BCUT2D eigenvalue weighted by atomic mass is 9.83. The number of ether oxygens (including phenoxy) is 3. The minimum absolute atomic E-state index is 0.0975. The maximum Gasteiger partial charge on any atom is 0.410 e. The summed E-state index contributed by atoms with van der Waals surface area (Å²) in [6.07, 6.45) is 3.29. The van der Waals surface area contributed by atoms with Crippen LogP contribution in [0.1, 0.15) is 163 Å². The van der Waals surface area contributed by atoms with Crippen molar-refractivity contribution in [1.82, 2.24) is 30.2 Å². The molecule has 12 atom stereocenters. The van der Waals surface area contributed by atoms with Crippen LogP contribution in [0.25, 0.3) is 0 Å². The van der Waals surface area contributed by atoms with E-state index in [2.05, 4.69) is 16.0 Å². The molecule has 2 heterocycles. The van der Waals surface area contributed by atoms with Gasteiger partial charge in [0.15, 0.2) is 11.6 Å². The molecule has 0 aliphatic carbocycles. The quantitative estimate of drug-likeness (QED) is 0.0307. The number of urea groups is 1. The number of nitrogens with two attached hydrogens (primary N) is 1. The molecule has 0 spiro atoms. The smallest absolute Gasteiger partial charge is 0.410 e. The number of likely N-dealkylation sites (N-methyl/N-ethyl adjacent to an activating group) is 2. The van der Waals surface area contributed by atoms with Gasteiger partial charge in [0.25, 0.3) is 0 Å². The number of carbonyl (C=O) groups is 12. The van der Waals surface area contributed by atoms with Crippen LogP contribution < -0.4 is 21.7 Å². The lowest BCUT2D eigenvalue weighted by Crippen LogP contribution is -2.54. The van der Waals surface area contributed by atoms with Crippen molar-refractivity contribution >= 4 is 88.3 Å². The molecule has 2 aromatic carbocycles.